The lowest BCUT2D eigenvalue weighted by atomic mass is 9.94. The molecule has 4 nitrogen and oxygen atoms in total. The molecule has 0 aromatic heterocycles. The van der Waals surface area contributed by atoms with Gasteiger partial charge in [-0.1, -0.05) is 11.6 Å². The number of Topliss-reactive ketones (excluding diaryl/α,β-unsaturated/α-hetero) is 1. The summed E-state index contributed by atoms with van der Waals surface area (Å²) < 4.78 is 18.0. The number of ketones is 1. The number of ether oxygens (including phenoxy) is 1. The van der Waals surface area contributed by atoms with E-state index < -0.39 is 23.5 Å². The van der Waals surface area contributed by atoms with Crippen LogP contribution in [0.3, 0.4) is 0 Å². The molecule has 2 rings (SSSR count). The Morgan fingerprint density at radius 1 is 1.56 bits per heavy atom. The van der Waals surface area contributed by atoms with Gasteiger partial charge in [0.25, 0.3) is 0 Å². The van der Waals surface area contributed by atoms with Crippen molar-refractivity contribution in [3.63, 3.8) is 0 Å². The van der Waals surface area contributed by atoms with Gasteiger partial charge >= 0.3 is 5.97 Å². The van der Waals surface area contributed by atoms with Crippen molar-refractivity contribution in [3.05, 3.63) is 28.5 Å². The summed E-state index contributed by atoms with van der Waals surface area (Å²) in [6, 6.07) is 2.24. The largest absolute Gasteiger partial charge is 0.465 e. The van der Waals surface area contributed by atoms with E-state index in [1.807, 2.05) is 0 Å². The van der Waals surface area contributed by atoms with Crippen LogP contribution in [0, 0.1) is 11.7 Å². The number of halogens is 2. The van der Waals surface area contributed by atoms with E-state index in [4.69, 9.17) is 16.3 Å². The smallest absolute Gasteiger partial charge is 0.322 e. The maximum Gasteiger partial charge on any atom is 0.322 e. The molecule has 0 N–H and O–H groups in total. The number of fused-ring (bicyclic) bond motifs is 1. The number of aliphatic imine (C=N–C) groups is 1. The van der Waals surface area contributed by atoms with Gasteiger partial charge in [-0.15, -0.1) is 0 Å². The molecule has 6 heteroatoms. The molecule has 0 bridgehead atoms. The first-order valence-corrected chi connectivity index (χ1v) is 5.66. The van der Waals surface area contributed by atoms with E-state index in [9.17, 15) is 14.0 Å². The summed E-state index contributed by atoms with van der Waals surface area (Å²) in [5, 5.41) is -0.179. The minimum absolute atomic E-state index is 0.127. The van der Waals surface area contributed by atoms with Crippen LogP contribution < -0.4 is 0 Å². The normalized spacial score (nSPS) is 17.5. The fraction of sp³-hybridized carbons (Fsp3) is 0.250. The van der Waals surface area contributed by atoms with Crippen LogP contribution in [0.5, 0.6) is 0 Å². The van der Waals surface area contributed by atoms with Crippen LogP contribution in [0.15, 0.2) is 17.1 Å². The maximum atomic E-state index is 13.2. The number of esters is 1. The molecule has 0 radical (unpaired) electrons. The molecule has 1 aliphatic rings. The summed E-state index contributed by atoms with van der Waals surface area (Å²) >= 11 is 5.60. The van der Waals surface area contributed by atoms with Gasteiger partial charge in [-0.3, -0.25) is 14.6 Å². The molecular formula is C12H9ClFNO3. The van der Waals surface area contributed by atoms with Gasteiger partial charge in [0.15, 0.2) is 11.7 Å². The first-order chi connectivity index (χ1) is 8.54. The average Bonchev–Trinajstić information content (AvgIpc) is 2.32. The number of rotatable bonds is 2. The zero-order valence-electron chi connectivity index (χ0n) is 9.44. The van der Waals surface area contributed by atoms with Crippen molar-refractivity contribution >= 4 is 35.3 Å². The third-order valence-electron chi connectivity index (χ3n) is 2.49. The molecule has 1 aliphatic heterocycles. The number of carbonyl (C=O) groups is 2. The van der Waals surface area contributed by atoms with Crippen LogP contribution in [0.4, 0.5) is 10.1 Å². The summed E-state index contributed by atoms with van der Waals surface area (Å²) in [7, 11) is 0. The predicted molar refractivity (Wildman–Crippen MR) is 64.0 cm³/mol. The van der Waals surface area contributed by atoms with Gasteiger partial charge in [-0.25, -0.2) is 4.39 Å². The second kappa shape index (κ2) is 4.86. The Morgan fingerprint density at radius 3 is 2.94 bits per heavy atom. The Hall–Kier alpha value is -1.75. The van der Waals surface area contributed by atoms with E-state index in [0.717, 1.165) is 12.3 Å². The van der Waals surface area contributed by atoms with Gasteiger partial charge in [0.2, 0.25) is 0 Å². The summed E-state index contributed by atoms with van der Waals surface area (Å²) in [5.41, 5.74) is 0.296. The van der Waals surface area contributed by atoms with Crippen LogP contribution in [0.2, 0.25) is 5.02 Å². The first-order valence-electron chi connectivity index (χ1n) is 5.28. The summed E-state index contributed by atoms with van der Waals surface area (Å²) in [6.45, 7) is 1.82. The SMILES string of the molecule is CCOC(=O)C1C=Nc2cc(F)c(Cl)cc2C1=O. The van der Waals surface area contributed by atoms with Crippen LogP contribution in [-0.4, -0.2) is 24.6 Å². The quantitative estimate of drug-likeness (QED) is 0.612. The fourth-order valence-corrected chi connectivity index (χ4v) is 1.79. The molecule has 1 aromatic carbocycles. The van der Waals surface area contributed by atoms with E-state index in [1.165, 1.54) is 6.07 Å². The number of nitrogens with zero attached hydrogens (tertiary/aromatic N) is 1. The molecule has 1 heterocycles. The second-order valence-electron chi connectivity index (χ2n) is 3.66. The number of benzene rings is 1. The van der Waals surface area contributed by atoms with Crippen molar-refractivity contribution in [3.8, 4) is 0 Å². The summed E-state index contributed by atoms with van der Waals surface area (Å²) in [4.78, 5) is 27.4. The molecule has 1 atom stereocenters. The highest BCUT2D eigenvalue weighted by Gasteiger charge is 2.32. The van der Waals surface area contributed by atoms with Crippen LogP contribution in [0.1, 0.15) is 17.3 Å². The van der Waals surface area contributed by atoms with Crippen molar-refractivity contribution in [1.82, 2.24) is 0 Å². The van der Waals surface area contributed by atoms with E-state index >= 15 is 0 Å². The van der Waals surface area contributed by atoms with Gasteiger partial charge in [0.05, 0.1) is 17.3 Å². The second-order valence-corrected chi connectivity index (χ2v) is 4.06. The zero-order chi connectivity index (χ0) is 13.3. The molecule has 0 saturated carbocycles. The molecule has 0 saturated heterocycles. The highest BCUT2D eigenvalue weighted by molar-refractivity contribution is 6.32. The van der Waals surface area contributed by atoms with Crippen LogP contribution >= 0.6 is 11.6 Å². The maximum absolute atomic E-state index is 13.2. The lowest BCUT2D eigenvalue weighted by molar-refractivity contribution is -0.143. The number of hydrogen-bond acceptors (Lipinski definition) is 4. The van der Waals surface area contributed by atoms with E-state index in [2.05, 4.69) is 4.99 Å². The molecule has 0 aliphatic carbocycles. The monoisotopic (exact) mass is 269 g/mol. The van der Waals surface area contributed by atoms with Crippen LogP contribution in [-0.2, 0) is 9.53 Å². The highest BCUT2D eigenvalue weighted by atomic mass is 35.5. The Bertz CT molecular complexity index is 556. The molecule has 0 spiro atoms. The minimum atomic E-state index is -1.08. The fourth-order valence-electron chi connectivity index (χ4n) is 1.63. The van der Waals surface area contributed by atoms with Crippen molar-refractivity contribution in [2.75, 3.05) is 6.61 Å². The highest BCUT2D eigenvalue weighted by Crippen LogP contribution is 2.31. The van der Waals surface area contributed by atoms with Crippen molar-refractivity contribution in [2.24, 2.45) is 10.9 Å². The third kappa shape index (κ3) is 2.13. The molecule has 18 heavy (non-hydrogen) atoms. The van der Waals surface area contributed by atoms with Crippen molar-refractivity contribution in [2.45, 2.75) is 6.92 Å². The molecule has 0 amide bonds. The predicted octanol–water partition coefficient (Wildman–Crippen LogP) is 2.56. The minimum Gasteiger partial charge on any atom is -0.465 e. The lowest BCUT2D eigenvalue weighted by Crippen LogP contribution is -2.29. The Morgan fingerprint density at radius 2 is 2.28 bits per heavy atom. The summed E-state index contributed by atoms with van der Waals surface area (Å²) in [5.74, 6) is -2.90. The van der Waals surface area contributed by atoms with Crippen molar-refractivity contribution in [1.29, 1.82) is 0 Å². The van der Waals surface area contributed by atoms with Crippen LogP contribution in [0.25, 0.3) is 0 Å². The average molecular weight is 270 g/mol. The standard InChI is InChI=1S/C12H9ClFNO3/c1-2-18-12(17)7-5-15-10-4-9(14)8(13)3-6(10)11(7)16/h3-5,7H,2H2,1H3. The molecular weight excluding hydrogens is 261 g/mol. The van der Waals surface area contributed by atoms with E-state index in [1.54, 1.807) is 6.92 Å². The Balaban J connectivity index is 2.39. The summed E-state index contributed by atoms with van der Waals surface area (Å²) in [6.07, 6.45) is 1.16. The Kier molecular flexibility index (Phi) is 3.43. The number of carbonyl (C=O) groups excluding carboxylic acids is 2. The van der Waals surface area contributed by atoms with E-state index in [-0.39, 0.29) is 22.9 Å². The third-order valence-corrected chi connectivity index (χ3v) is 2.78. The van der Waals surface area contributed by atoms with Gasteiger partial charge in [-0.05, 0) is 13.0 Å². The van der Waals surface area contributed by atoms with Gasteiger partial charge in [0.1, 0.15) is 5.82 Å². The Labute approximate surface area is 107 Å². The van der Waals surface area contributed by atoms with Gasteiger partial charge in [-0.2, -0.15) is 0 Å². The molecule has 1 aromatic rings. The zero-order valence-corrected chi connectivity index (χ0v) is 10.2. The molecule has 0 fully saturated rings. The first kappa shape index (κ1) is 12.7. The van der Waals surface area contributed by atoms with Gasteiger partial charge in [0, 0.05) is 17.8 Å². The topological polar surface area (TPSA) is 55.7 Å². The van der Waals surface area contributed by atoms with E-state index in [0.29, 0.717) is 0 Å². The lowest BCUT2D eigenvalue weighted by Gasteiger charge is -2.16. The van der Waals surface area contributed by atoms with Gasteiger partial charge < -0.3 is 4.74 Å². The molecule has 1 unspecified atom stereocenters. The van der Waals surface area contributed by atoms with Crippen molar-refractivity contribution < 1.29 is 18.7 Å². The number of hydrogen-bond donors (Lipinski definition) is 0. The molecule has 94 valence electrons.